The number of rotatable bonds is 5. The lowest BCUT2D eigenvalue weighted by molar-refractivity contribution is 0.804. The fraction of sp³-hybridized carbons (Fsp3) is 0.462. The van der Waals surface area contributed by atoms with Gasteiger partial charge in [-0.2, -0.15) is 0 Å². The molecule has 16 heavy (non-hydrogen) atoms. The van der Waals surface area contributed by atoms with Crippen LogP contribution in [0, 0.1) is 19.3 Å². The summed E-state index contributed by atoms with van der Waals surface area (Å²) in [4.78, 5) is 6.60. The second kappa shape index (κ2) is 6.14. The van der Waals surface area contributed by atoms with Crippen LogP contribution in [0.15, 0.2) is 12.1 Å². The lowest BCUT2D eigenvalue weighted by Gasteiger charge is -2.21. The van der Waals surface area contributed by atoms with Crippen LogP contribution < -0.4 is 10.6 Å². The Labute approximate surface area is 97.7 Å². The number of terminal acetylenes is 1. The van der Waals surface area contributed by atoms with Crippen molar-refractivity contribution in [2.45, 2.75) is 26.8 Å². The molecule has 0 aromatic carbocycles. The molecule has 0 amide bonds. The second-order valence-electron chi connectivity index (χ2n) is 3.80. The van der Waals surface area contributed by atoms with Gasteiger partial charge in [0, 0.05) is 18.8 Å². The van der Waals surface area contributed by atoms with Gasteiger partial charge >= 0.3 is 0 Å². The van der Waals surface area contributed by atoms with E-state index in [9.17, 15) is 0 Å². The Morgan fingerprint density at radius 2 is 2.25 bits per heavy atom. The molecule has 0 saturated carbocycles. The summed E-state index contributed by atoms with van der Waals surface area (Å²) in [7, 11) is 0. The zero-order valence-corrected chi connectivity index (χ0v) is 10.0. The van der Waals surface area contributed by atoms with Crippen LogP contribution in [0.25, 0.3) is 0 Å². The van der Waals surface area contributed by atoms with Gasteiger partial charge in [-0.25, -0.2) is 4.98 Å². The number of anilines is 1. The summed E-state index contributed by atoms with van der Waals surface area (Å²) in [6.45, 7) is 6.15. The normalized spacial score (nSPS) is 9.88. The molecule has 3 heteroatoms. The highest BCUT2D eigenvalue weighted by Gasteiger charge is 2.07. The van der Waals surface area contributed by atoms with Crippen LogP contribution in [0.3, 0.4) is 0 Å². The minimum atomic E-state index is 0.534. The third kappa shape index (κ3) is 3.25. The van der Waals surface area contributed by atoms with Crippen molar-refractivity contribution in [3.8, 4) is 12.3 Å². The van der Waals surface area contributed by atoms with Crippen LogP contribution in [-0.4, -0.2) is 18.1 Å². The van der Waals surface area contributed by atoms with Gasteiger partial charge in [0.25, 0.3) is 0 Å². The second-order valence-corrected chi connectivity index (χ2v) is 3.80. The fourth-order valence-corrected chi connectivity index (χ4v) is 1.66. The number of pyridine rings is 1. The summed E-state index contributed by atoms with van der Waals surface area (Å²) < 4.78 is 0. The Morgan fingerprint density at radius 1 is 1.50 bits per heavy atom. The van der Waals surface area contributed by atoms with Crippen LogP contribution in [-0.2, 0) is 6.54 Å². The largest absolute Gasteiger partial charge is 0.345 e. The minimum Gasteiger partial charge on any atom is -0.345 e. The number of aromatic nitrogens is 1. The lowest BCUT2D eigenvalue weighted by Crippen LogP contribution is -2.25. The Bertz CT molecular complexity index is 379. The Kier molecular flexibility index (Phi) is 4.81. The Balaban J connectivity index is 2.99. The molecule has 1 aromatic rings. The van der Waals surface area contributed by atoms with E-state index in [1.807, 2.05) is 19.1 Å². The number of hydrogen-bond acceptors (Lipinski definition) is 3. The summed E-state index contributed by atoms with van der Waals surface area (Å²) in [5.41, 5.74) is 7.73. The van der Waals surface area contributed by atoms with Crippen molar-refractivity contribution in [3.63, 3.8) is 0 Å². The molecule has 1 heterocycles. The van der Waals surface area contributed by atoms with Gasteiger partial charge < -0.3 is 10.6 Å². The molecule has 2 N–H and O–H groups in total. The van der Waals surface area contributed by atoms with Crippen LogP contribution in [0.4, 0.5) is 5.82 Å². The summed E-state index contributed by atoms with van der Waals surface area (Å²) in [6.07, 6.45) is 6.41. The molecule has 0 aliphatic rings. The van der Waals surface area contributed by atoms with Crippen molar-refractivity contribution in [2.24, 2.45) is 5.73 Å². The van der Waals surface area contributed by atoms with E-state index in [2.05, 4.69) is 22.7 Å². The van der Waals surface area contributed by atoms with E-state index < -0.39 is 0 Å². The molecule has 86 valence electrons. The van der Waals surface area contributed by atoms with Gasteiger partial charge in [0.2, 0.25) is 0 Å². The van der Waals surface area contributed by atoms with Crippen molar-refractivity contribution >= 4 is 5.82 Å². The number of aryl methyl sites for hydroxylation is 1. The zero-order chi connectivity index (χ0) is 12.0. The van der Waals surface area contributed by atoms with Crippen molar-refractivity contribution < 1.29 is 0 Å². The number of nitrogens with two attached hydrogens (primary N) is 1. The molecule has 0 spiro atoms. The molecule has 1 rings (SSSR count). The first-order valence-electron chi connectivity index (χ1n) is 5.57. The molecule has 0 atom stereocenters. The molecule has 0 radical (unpaired) electrons. The van der Waals surface area contributed by atoms with Gasteiger partial charge in [-0.05, 0) is 31.0 Å². The monoisotopic (exact) mass is 217 g/mol. The summed E-state index contributed by atoms with van der Waals surface area (Å²) in [5.74, 6) is 3.59. The molecule has 1 aromatic heterocycles. The Morgan fingerprint density at radius 3 is 2.81 bits per heavy atom. The molecule has 0 aliphatic carbocycles. The lowest BCUT2D eigenvalue weighted by atomic mass is 10.2. The van der Waals surface area contributed by atoms with E-state index >= 15 is 0 Å². The molecular weight excluding hydrogens is 198 g/mol. The van der Waals surface area contributed by atoms with Gasteiger partial charge in [-0.15, -0.1) is 6.42 Å². The van der Waals surface area contributed by atoms with Gasteiger partial charge in [0.1, 0.15) is 5.82 Å². The first-order valence-corrected chi connectivity index (χ1v) is 5.57. The van der Waals surface area contributed by atoms with Gasteiger partial charge in [-0.3, -0.25) is 0 Å². The standard InChI is InChI=1S/C13H19N3/c1-4-6-16(7-5-2)13-9-12(10-14)8-11(3)15-13/h1,8-9H,5-7,10,14H2,2-3H3. The van der Waals surface area contributed by atoms with Gasteiger partial charge in [0.05, 0.1) is 6.54 Å². The third-order valence-corrected chi connectivity index (χ3v) is 2.34. The zero-order valence-electron chi connectivity index (χ0n) is 10.0. The molecule has 3 nitrogen and oxygen atoms in total. The van der Waals surface area contributed by atoms with E-state index in [4.69, 9.17) is 12.2 Å². The maximum absolute atomic E-state index is 5.65. The molecule has 0 bridgehead atoms. The molecule has 0 fully saturated rings. The van der Waals surface area contributed by atoms with E-state index in [0.717, 1.165) is 30.0 Å². The summed E-state index contributed by atoms with van der Waals surface area (Å²) in [5, 5.41) is 0. The van der Waals surface area contributed by atoms with Crippen molar-refractivity contribution in [2.75, 3.05) is 18.0 Å². The maximum atomic E-state index is 5.65. The third-order valence-electron chi connectivity index (χ3n) is 2.34. The highest BCUT2D eigenvalue weighted by molar-refractivity contribution is 5.43. The predicted octanol–water partition coefficient (Wildman–Crippen LogP) is 1.70. The number of hydrogen-bond donors (Lipinski definition) is 1. The summed E-state index contributed by atoms with van der Waals surface area (Å²) in [6, 6.07) is 4.02. The summed E-state index contributed by atoms with van der Waals surface area (Å²) >= 11 is 0. The van der Waals surface area contributed by atoms with Crippen molar-refractivity contribution in [3.05, 3.63) is 23.4 Å². The van der Waals surface area contributed by atoms with Crippen LogP contribution in [0.2, 0.25) is 0 Å². The average molecular weight is 217 g/mol. The van der Waals surface area contributed by atoms with Gasteiger partial charge in [-0.1, -0.05) is 12.8 Å². The number of nitrogens with zero attached hydrogens (tertiary/aromatic N) is 2. The highest BCUT2D eigenvalue weighted by Crippen LogP contribution is 2.14. The first-order chi connectivity index (χ1) is 7.71. The van der Waals surface area contributed by atoms with E-state index in [0.29, 0.717) is 13.1 Å². The smallest absolute Gasteiger partial charge is 0.129 e. The minimum absolute atomic E-state index is 0.534. The van der Waals surface area contributed by atoms with E-state index in [-0.39, 0.29) is 0 Å². The first kappa shape index (κ1) is 12.5. The van der Waals surface area contributed by atoms with E-state index in [1.54, 1.807) is 0 Å². The molecule has 0 unspecified atom stereocenters. The predicted molar refractivity (Wildman–Crippen MR) is 68.2 cm³/mol. The molecule has 0 saturated heterocycles. The SMILES string of the molecule is C#CCN(CCC)c1cc(CN)cc(C)n1. The Hall–Kier alpha value is -1.53. The quantitative estimate of drug-likeness (QED) is 0.763. The van der Waals surface area contributed by atoms with Crippen molar-refractivity contribution in [1.82, 2.24) is 4.98 Å². The molecular formula is C13H19N3. The average Bonchev–Trinajstić information content (AvgIpc) is 2.28. The maximum Gasteiger partial charge on any atom is 0.129 e. The van der Waals surface area contributed by atoms with Crippen LogP contribution in [0.5, 0.6) is 0 Å². The van der Waals surface area contributed by atoms with Crippen LogP contribution >= 0.6 is 0 Å². The molecule has 0 aliphatic heterocycles. The fourth-order valence-electron chi connectivity index (χ4n) is 1.66. The van der Waals surface area contributed by atoms with Crippen molar-refractivity contribution in [1.29, 1.82) is 0 Å². The van der Waals surface area contributed by atoms with Gasteiger partial charge in [0.15, 0.2) is 0 Å². The highest BCUT2D eigenvalue weighted by atomic mass is 15.2. The van der Waals surface area contributed by atoms with E-state index in [1.165, 1.54) is 0 Å². The topological polar surface area (TPSA) is 42.1 Å². The van der Waals surface area contributed by atoms with Crippen LogP contribution in [0.1, 0.15) is 24.6 Å².